The zero-order chi connectivity index (χ0) is 14.9. The molecule has 0 saturated heterocycles. The number of ether oxygens (including phenoxy) is 1. The number of nitrogen functional groups attached to an aromatic ring is 2. The van der Waals surface area contributed by atoms with Crippen molar-refractivity contribution in [2.24, 2.45) is 7.05 Å². The summed E-state index contributed by atoms with van der Waals surface area (Å²) in [6.07, 6.45) is 0. The molecular weight excluding hydrogens is 324 g/mol. The number of hydrogen-bond donors (Lipinski definition) is 2. The summed E-state index contributed by atoms with van der Waals surface area (Å²) < 4.78 is 7.76. The van der Waals surface area contributed by atoms with E-state index in [4.69, 9.17) is 16.2 Å². The molecule has 20 heavy (non-hydrogen) atoms. The Morgan fingerprint density at radius 2 is 2.15 bits per heavy atom. The molecule has 4 N–H and O–H groups in total. The molecule has 0 aliphatic carbocycles. The molecule has 2 aromatic rings. The van der Waals surface area contributed by atoms with E-state index < -0.39 is 5.97 Å². The first kappa shape index (κ1) is 14.4. The Bertz CT molecular complexity index is 667. The predicted molar refractivity (Wildman–Crippen MR) is 80.0 cm³/mol. The predicted octanol–water partition coefficient (Wildman–Crippen LogP) is 2.01. The van der Waals surface area contributed by atoms with Crippen molar-refractivity contribution in [1.29, 1.82) is 0 Å². The number of benzene rings is 1. The SMILES string of the molecule is Cc1nn(C)c(COC(=O)c2ccc(N)cc2N)c1Br. The van der Waals surface area contributed by atoms with Crippen molar-refractivity contribution in [1.82, 2.24) is 9.78 Å². The molecule has 1 aromatic heterocycles. The molecule has 7 heteroatoms. The number of aromatic nitrogens is 2. The Kier molecular flexibility index (Phi) is 3.99. The van der Waals surface area contributed by atoms with Crippen LogP contribution in [0.15, 0.2) is 22.7 Å². The number of nitrogens with two attached hydrogens (primary N) is 2. The van der Waals surface area contributed by atoms with Gasteiger partial charge in [0.1, 0.15) is 6.61 Å². The maximum absolute atomic E-state index is 12.0. The van der Waals surface area contributed by atoms with Gasteiger partial charge in [0.2, 0.25) is 0 Å². The van der Waals surface area contributed by atoms with Crippen LogP contribution in [0.4, 0.5) is 11.4 Å². The average Bonchev–Trinajstić information content (AvgIpc) is 2.61. The fraction of sp³-hybridized carbons (Fsp3) is 0.231. The zero-order valence-corrected chi connectivity index (χ0v) is 12.8. The lowest BCUT2D eigenvalue weighted by Crippen LogP contribution is -2.10. The molecule has 0 aliphatic rings. The second-order valence-electron chi connectivity index (χ2n) is 4.39. The largest absolute Gasteiger partial charge is 0.455 e. The summed E-state index contributed by atoms with van der Waals surface area (Å²) in [6.45, 7) is 1.98. The minimum absolute atomic E-state index is 0.112. The fourth-order valence-electron chi connectivity index (χ4n) is 1.82. The van der Waals surface area contributed by atoms with Gasteiger partial charge in [-0.15, -0.1) is 0 Å². The van der Waals surface area contributed by atoms with Crippen molar-refractivity contribution in [3.05, 3.63) is 39.6 Å². The average molecular weight is 339 g/mol. The fourth-order valence-corrected chi connectivity index (χ4v) is 2.27. The number of carbonyl (C=O) groups is 1. The van der Waals surface area contributed by atoms with Crippen molar-refractivity contribution < 1.29 is 9.53 Å². The smallest absolute Gasteiger partial charge is 0.340 e. The lowest BCUT2D eigenvalue weighted by Gasteiger charge is -2.08. The molecule has 0 radical (unpaired) electrons. The van der Waals surface area contributed by atoms with Crippen LogP contribution in [0.5, 0.6) is 0 Å². The minimum Gasteiger partial charge on any atom is -0.455 e. The van der Waals surface area contributed by atoms with Gasteiger partial charge >= 0.3 is 5.97 Å². The van der Waals surface area contributed by atoms with Gasteiger partial charge in [-0.25, -0.2) is 4.79 Å². The summed E-state index contributed by atoms with van der Waals surface area (Å²) in [5.74, 6) is -0.492. The maximum atomic E-state index is 12.0. The third kappa shape index (κ3) is 2.77. The van der Waals surface area contributed by atoms with E-state index in [1.54, 1.807) is 23.9 Å². The molecule has 0 fully saturated rings. The summed E-state index contributed by atoms with van der Waals surface area (Å²) in [5, 5.41) is 4.23. The normalized spacial score (nSPS) is 10.6. The molecular formula is C13H15BrN4O2. The Labute approximate surface area is 124 Å². The van der Waals surface area contributed by atoms with Crippen LogP contribution in [-0.4, -0.2) is 15.7 Å². The van der Waals surface area contributed by atoms with Gasteiger partial charge in [0, 0.05) is 18.4 Å². The highest BCUT2D eigenvalue weighted by atomic mass is 79.9. The number of rotatable bonds is 3. The standard InChI is InChI=1S/C13H15BrN4O2/c1-7-12(14)11(18(2)17-7)6-20-13(19)9-4-3-8(15)5-10(9)16/h3-5H,6,15-16H2,1-2H3. The van der Waals surface area contributed by atoms with Gasteiger partial charge < -0.3 is 16.2 Å². The minimum atomic E-state index is -0.492. The van der Waals surface area contributed by atoms with E-state index >= 15 is 0 Å². The van der Waals surface area contributed by atoms with Gasteiger partial charge in [0.15, 0.2) is 0 Å². The van der Waals surface area contributed by atoms with E-state index in [1.807, 2.05) is 6.92 Å². The summed E-state index contributed by atoms with van der Waals surface area (Å²) in [7, 11) is 1.79. The molecule has 106 valence electrons. The molecule has 0 bridgehead atoms. The highest BCUT2D eigenvalue weighted by Crippen LogP contribution is 2.22. The molecule has 0 saturated carbocycles. The maximum Gasteiger partial charge on any atom is 0.340 e. The monoisotopic (exact) mass is 338 g/mol. The van der Waals surface area contributed by atoms with E-state index in [-0.39, 0.29) is 6.61 Å². The summed E-state index contributed by atoms with van der Waals surface area (Å²) in [4.78, 5) is 12.0. The quantitative estimate of drug-likeness (QED) is 0.659. The van der Waals surface area contributed by atoms with Crippen LogP contribution >= 0.6 is 15.9 Å². The first-order valence-electron chi connectivity index (χ1n) is 5.90. The van der Waals surface area contributed by atoms with Gasteiger partial charge in [0.05, 0.1) is 21.4 Å². The number of esters is 1. The van der Waals surface area contributed by atoms with E-state index in [9.17, 15) is 4.79 Å². The lowest BCUT2D eigenvalue weighted by atomic mass is 10.1. The summed E-state index contributed by atoms with van der Waals surface area (Å²) in [5.41, 5.74) is 14.1. The third-order valence-electron chi connectivity index (χ3n) is 2.90. The van der Waals surface area contributed by atoms with Gasteiger partial charge in [-0.05, 0) is 41.1 Å². The number of anilines is 2. The first-order valence-corrected chi connectivity index (χ1v) is 6.69. The van der Waals surface area contributed by atoms with E-state index in [0.717, 1.165) is 15.9 Å². The third-order valence-corrected chi connectivity index (χ3v) is 3.93. The van der Waals surface area contributed by atoms with Crippen LogP contribution in [-0.2, 0) is 18.4 Å². The molecule has 1 heterocycles. The van der Waals surface area contributed by atoms with Crippen molar-refractivity contribution in [2.45, 2.75) is 13.5 Å². The molecule has 6 nitrogen and oxygen atoms in total. The Hall–Kier alpha value is -2.02. The van der Waals surface area contributed by atoms with Crippen molar-refractivity contribution >= 4 is 33.3 Å². The van der Waals surface area contributed by atoms with Crippen LogP contribution in [0.25, 0.3) is 0 Å². The first-order chi connectivity index (χ1) is 9.40. The summed E-state index contributed by atoms with van der Waals surface area (Å²) in [6, 6.07) is 4.69. The second kappa shape index (κ2) is 5.54. The van der Waals surface area contributed by atoms with E-state index in [2.05, 4.69) is 21.0 Å². The van der Waals surface area contributed by atoms with E-state index in [1.165, 1.54) is 6.07 Å². The molecule has 1 aromatic carbocycles. The highest BCUT2D eigenvalue weighted by Gasteiger charge is 2.15. The van der Waals surface area contributed by atoms with Gasteiger partial charge in [-0.2, -0.15) is 5.10 Å². The van der Waals surface area contributed by atoms with E-state index in [0.29, 0.717) is 16.9 Å². The van der Waals surface area contributed by atoms with Gasteiger partial charge in [-0.1, -0.05) is 0 Å². The number of nitrogens with zero attached hydrogens (tertiary/aromatic N) is 2. The zero-order valence-electron chi connectivity index (χ0n) is 11.2. The van der Waals surface area contributed by atoms with Crippen LogP contribution < -0.4 is 11.5 Å². The Balaban J connectivity index is 2.12. The molecule has 0 unspecified atom stereocenters. The molecule has 0 amide bonds. The summed E-state index contributed by atoms with van der Waals surface area (Å²) >= 11 is 3.42. The molecule has 2 rings (SSSR count). The Morgan fingerprint density at radius 1 is 1.45 bits per heavy atom. The highest BCUT2D eigenvalue weighted by molar-refractivity contribution is 9.10. The van der Waals surface area contributed by atoms with Crippen molar-refractivity contribution in [3.63, 3.8) is 0 Å². The number of hydrogen-bond acceptors (Lipinski definition) is 5. The lowest BCUT2D eigenvalue weighted by molar-refractivity contribution is 0.0464. The van der Waals surface area contributed by atoms with Crippen molar-refractivity contribution in [2.75, 3.05) is 11.5 Å². The van der Waals surface area contributed by atoms with Crippen molar-refractivity contribution in [3.8, 4) is 0 Å². The molecule has 0 aliphatic heterocycles. The molecule has 0 spiro atoms. The second-order valence-corrected chi connectivity index (χ2v) is 5.19. The topological polar surface area (TPSA) is 96.2 Å². The Morgan fingerprint density at radius 3 is 2.70 bits per heavy atom. The number of aryl methyl sites for hydroxylation is 2. The van der Waals surface area contributed by atoms with Crippen LogP contribution in [0.1, 0.15) is 21.7 Å². The van der Waals surface area contributed by atoms with Crippen LogP contribution in [0.2, 0.25) is 0 Å². The van der Waals surface area contributed by atoms with Gasteiger partial charge in [-0.3, -0.25) is 4.68 Å². The molecule has 0 atom stereocenters. The number of carbonyl (C=O) groups excluding carboxylic acids is 1. The van der Waals surface area contributed by atoms with Gasteiger partial charge in [0.25, 0.3) is 0 Å². The van der Waals surface area contributed by atoms with Crippen LogP contribution in [0.3, 0.4) is 0 Å². The number of halogens is 1. The van der Waals surface area contributed by atoms with Crippen LogP contribution in [0, 0.1) is 6.92 Å².